The molecular formula is C41H64N4O6S2. The minimum absolute atomic E-state index is 0.0188. The number of amides is 2. The SMILES string of the molecule is CC[C@H](C)[C@@H]([C@@H](CC(=O)N1CCC[C@H]1[C@H](OC)[C@@H](C)C(=O)C[C@@H](Cc1ccccc1)c1nccs1)OC)N(C)C(=O)[C@H](CSC)CC(=O)C(C)(C)NC. The van der Waals surface area contributed by atoms with Crippen LogP contribution in [-0.4, -0.2) is 115 Å². The molecule has 8 atom stereocenters. The molecule has 2 amide bonds. The van der Waals surface area contributed by atoms with Crippen molar-refractivity contribution in [3.63, 3.8) is 0 Å². The van der Waals surface area contributed by atoms with Crippen molar-refractivity contribution in [3.05, 3.63) is 52.5 Å². The molecule has 2 heterocycles. The standard InChI is InChI=1S/C41H64N4O6S2/c1-11-27(2)37(44(7)40(49)31(26-52-10)24-35(47)41(4,5)42-6)34(50-8)25-36(48)45-20-15-18-32(45)38(51-9)28(3)33(46)23-30(39-43-19-21-53-39)22-29-16-13-12-14-17-29/h12-14,16-17,19,21,27-28,30-32,34,37-38,42H,11,15,18,20,22-26H2,1-10H3/t27-,28-,30+,31-,32-,34+,37-,38+/m0/s1. The van der Waals surface area contributed by atoms with E-state index < -0.39 is 29.6 Å². The number of rotatable bonds is 23. The predicted octanol–water partition coefficient (Wildman–Crippen LogP) is 6.29. The summed E-state index contributed by atoms with van der Waals surface area (Å²) in [5, 5.41) is 5.95. The molecule has 2 aromatic rings. The highest BCUT2D eigenvalue weighted by Crippen LogP contribution is 2.33. The number of Topliss-reactive ketones (excluding diaryl/α,β-unsaturated/α-hetero) is 2. The van der Waals surface area contributed by atoms with Crippen LogP contribution in [0.15, 0.2) is 41.9 Å². The van der Waals surface area contributed by atoms with Crippen molar-refractivity contribution in [2.75, 3.05) is 46.9 Å². The zero-order valence-electron chi connectivity index (χ0n) is 33.6. The smallest absolute Gasteiger partial charge is 0.227 e. The van der Waals surface area contributed by atoms with Gasteiger partial charge in [0.15, 0.2) is 5.78 Å². The van der Waals surface area contributed by atoms with E-state index in [0.717, 1.165) is 29.8 Å². The number of ketones is 2. The van der Waals surface area contributed by atoms with E-state index in [-0.39, 0.29) is 60.1 Å². The van der Waals surface area contributed by atoms with Gasteiger partial charge in [-0.1, -0.05) is 57.5 Å². The first-order chi connectivity index (χ1) is 25.2. The summed E-state index contributed by atoms with van der Waals surface area (Å²) in [6.07, 6.45) is 6.28. The lowest BCUT2D eigenvalue weighted by Gasteiger charge is -2.40. The van der Waals surface area contributed by atoms with Gasteiger partial charge in [0.2, 0.25) is 11.8 Å². The molecule has 0 bridgehead atoms. The molecule has 1 aliphatic rings. The minimum Gasteiger partial charge on any atom is -0.379 e. The monoisotopic (exact) mass is 772 g/mol. The molecule has 1 fully saturated rings. The number of thiazole rings is 1. The van der Waals surface area contributed by atoms with Gasteiger partial charge in [-0.3, -0.25) is 19.2 Å². The van der Waals surface area contributed by atoms with Gasteiger partial charge in [-0.05, 0) is 57.9 Å². The van der Waals surface area contributed by atoms with Gasteiger partial charge >= 0.3 is 0 Å². The number of benzene rings is 1. The van der Waals surface area contributed by atoms with E-state index >= 15 is 0 Å². The molecule has 1 saturated heterocycles. The predicted molar refractivity (Wildman–Crippen MR) is 215 cm³/mol. The second kappa shape index (κ2) is 21.5. The van der Waals surface area contributed by atoms with Crippen LogP contribution in [0.5, 0.6) is 0 Å². The van der Waals surface area contributed by atoms with E-state index in [4.69, 9.17) is 9.47 Å². The van der Waals surface area contributed by atoms with Gasteiger partial charge in [0, 0.05) is 69.8 Å². The highest BCUT2D eigenvalue weighted by molar-refractivity contribution is 7.98. The van der Waals surface area contributed by atoms with Crippen LogP contribution >= 0.6 is 23.1 Å². The number of ether oxygens (including phenoxy) is 2. The first-order valence-corrected chi connectivity index (χ1v) is 21.3. The van der Waals surface area contributed by atoms with E-state index in [1.165, 1.54) is 0 Å². The Morgan fingerprint density at radius 2 is 1.79 bits per heavy atom. The van der Waals surface area contributed by atoms with E-state index in [9.17, 15) is 19.2 Å². The van der Waals surface area contributed by atoms with Crippen LogP contribution in [0.4, 0.5) is 0 Å². The number of hydrogen-bond acceptors (Lipinski definition) is 10. The maximum atomic E-state index is 14.2. The zero-order valence-corrected chi connectivity index (χ0v) is 35.3. The molecule has 1 N–H and O–H groups in total. The van der Waals surface area contributed by atoms with Crippen LogP contribution < -0.4 is 5.32 Å². The topological polar surface area (TPSA) is 118 Å². The molecule has 0 spiro atoms. The summed E-state index contributed by atoms with van der Waals surface area (Å²) in [6.45, 7) is 10.3. The average Bonchev–Trinajstić information content (AvgIpc) is 3.88. The lowest BCUT2D eigenvalue weighted by molar-refractivity contribution is -0.147. The minimum atomic E-state index is -0.743. The lowest BCUT2D eigenvalue weighted by atomic mass is 9.85. The highest BCUT2D eigenvalue weighted by Gasteiger charge is 2.43. The van der Waals surface area contributed by atoms with Crippen LogP contribution in [-0.2, 0) is 35.1 Å². The summed E-state index contributed by atoms with van der Waals surface area (Å²) >= 11 is 3.11. The second-order valence-electron chi connectivity index (χ2n) is 15.2. The first-order valence-electron chi connectivity index (χ1n) is 19.0. The van der Waals surface area contributed by atoms with E-state index in [2.05, 4.69) is 36.3 Å². The molecule has 1 aromatic carbocycles. The number of aromatic nitrogens is 1. The van der Waals surface area contributed by atoms with Crippen molar-refractivity contribution >= 4 is 46.5 Å². The van der Waals surface area contributed by atoms with E-state index in [1.54, 1.807) is 62.5 Å². The van der Waals surface area contributed by atoms with Crippen LogP contribution in [0.2, 0.25) is 0 Å². The Hall–Kier alpha value is -2.64. The van der Waals surface area contributed by atoms with Gasteiger partial charge in [0.1, 0.15) is 5.78 Å². The molecule has 0 radical (unpaired) electrons. The maximum Gasteiger partial charge on any atom is 0.227 e. The van der Waals surface area contributed by atoms with Crippen molar-refractivity contribution < 1.29 is 28.7 Å². The summed E-state index contributed by atoms with van der Waals surface area (Å²) in [5.74, 6) is -0.557. The Balaban J connectivity index is 1.78. The summed E-state index contributed by atoms with van der Waals surface area (Å²) < 4.78 is 12.1. The maximum absolute atomic E-state index is 14.2. The number of likely N-dealkylation sites (N-methyl/N-ethyl adjacent to an activating group) is 2. The third kappa shape index (κ3) is 11.9. The van der Waals surface area contributed by atoms with Crippen LogP contribution in [0, 0.1) is 17.8 Å². The van der Waals surface area contributed by atoms with Gasteiger partial charge in [0.25, 0.3) is 0 Å². The number of hydrogen-bond donors (Lipinski definition) is 1. The number of nitrogens with one attached hydrogen (secondary N) is 1. The molecule has 296 valence electrons. The number of thioether (sulfide) groups is 1. The molecule has 0 saturated carbocycles. The Kier molecular flexibility index (Phi) is 18.1. The van der Waals surface area contributed by atoms with Crippen LogP contribution in [0.1, 0.15) is 89.6 Å². The van der Waals surface area contributed by atoms with Gasteiger partial charge in [-0.2, -0.15) is 11.8 Å². The molecule has 1 aromatic heterocycles. The summed E-state index contributed by atoms with van der Waals surface area (Å²) in [5.41, 5.74) is 0.415. The largest absolute Gasteiger partial charge is 0.379 e. The fourth-order valence-electron chi connectivity index (χ4n) is 7.68. The Morgan fingerprint density at radius 1 is 1.09 bits per heavy atom. The summed E-state index contributed by atoms with van der Waals surface area (Å²) in [4.78, 5) is 63.7. The van der Waals surface area contributed by atoms with Crippen molar-refractivity contribution in [3.8, 4) is 0 Å². The van der Waals surface area contributed by atoms with Gasteiger partial charge in [-0.25, -0.2) is 4.98 Å². The number of nitrogens with zero attached hydrogens (tertiary/aromatic N) is 3. The van der Waals surface area contributed by atoms with E-state index in [0.29, 0.717) is 25.1 Å². The highest BCUT2D eigenvalue weighted by atomic mass is 32.2. The quantitative estimate of drug-likeness (QED) is 0.139. The number of methoxy groups -OCH3 is 2. The second-order valence-corrected chi connectivity index (χ2v) is 17.0. The molecule has 12 heteroatoms. The van der Waals surface area contributed by atoms with Crippen molar-refractivity contribution in [2.45, 2.75) is 115 Å². The van der Waals surface area contributed by atoms with Gasteiger partial charge in [-0.15, -0.1) is 11.3 Å². The van der Waals surface area contributed by atoms with E-state index in [1.807, 2.05) is 55.5 Å². The Morgan fingerprint density at radius 3 is 2.36 bits per heavy atom. The molecule has 0 unspecified atom stereocenters. The van der Waals surface area contributed by atoms with Gasteiger partial charge < -0.3 is 24.6 Å². The van der Waals surface area contributed by atoms with Crippen molar-refractivity contribution in [1.82, 2.24) is 20.1 Å². The third-order valence-electron chi connectivity index (χ3n) is 11.4. The fraction of sp³-hybridized carbons (Fsp3) is 0.683. The summed E-state index contributed by atoms with van der Waals surface area (Å²) in [6, 6.07) is 9.53. The Bertz CT molecular complexity index is 1440. The normalized spacial score (nSPS) is 18.8. The number of carbonyl (C=O) groups is 4. The molecule has 53 heavy (non-hydrogen) atoms. The molecular weight excluding hydrogens is 709 g/mol. The Labute approximate surface area is 326 Å². The molecule has 10 nitrogen and oxygen atoms in total. The zero-order chi connectivity index (χ0) is 39.3. The van der Waals surface area contributed by atoms with Crippen LogP contribution in [0.3, 0.4) is 0 Å². The lowest BCUT2D eigenvalue weighted by Crippen LogP contribution is -2.54. The van der Waals surface area contributed by atoms with Gasteiger partial charge in [0.05, 0.1) is 47.2 Å². The first kappa shape index (κ1) is 44.8. The molecule has 1 aliphatic heterocycles. The molecule has 0 aliphatic carbocycles. The average molecular weight is 773 g/mol. The summed E-state index contributed by atoms with van der Waals surface area (Å²) in [7, 11) is 6.75. The fourth-order valence-corrected chi connectivity index (χ4v) is 9.08. The third-order valence-corrected chi connectivity index (χ3v) is 13.1. The van der Waals surface area contributed by atoms with Crippen molar-refractivity contribution in [1.29, 1.82) is 0 Å². The number of likely N-dealkylation sites (tertiary alicyclic amines) is 1. The van der Waals surface area contributed by atoms with Crippen LogP contribution in [0.25, 0.3) is 0 Å². The van der Waals surface area contributed by atoms with Crippen molar-refractivity contribution in [2.24, 2.45) is 17.8 Å². The number of carbonyl (C=O) groups excluding carboxylic acids is 4. The molecule has 3 rings (SSSR count).